The van der Waals surface area contributed by atoms with Crippen molar-refractivity contribution in [2.75, 3.05) is 5.43 Å². The van der Waals surface area contributed by atoms with Crippen molar-refractivity contribution in [3.05, 3.63) is 59.1 Å². The number of benzene rings is 2. The number of carbonyl (C=O) groups excluding carboxylic acids is 1. The van der Waals surface area contributed by atoms with Crippen molar-refractivity contribution >= 4 is 39.9 Å². The maximum Gasteiger partial charge on any atom is 0.220 e. The van der Waals surface area contributed by atoms with Crippen LogP contribution in [0, 0.1) is 6.92 Å². The number of aromatic nitrogens is 4. The molecule has 0 fully saturated rings. The molecule has 0 atom stereocenters. The van der Waals surface area contributed by atoms with Gasteiger partial charge < -0.3 is 0 Å². The van der Waals surface area contributed by atoms with Gasteiger partial charge in [0.25, 0.3) is 0 Å². The van der Waals surface area contributed by atoms with Crippen molar-refractivity contribution in [3.63, 3.8) is 0 Å². The van der Waals surface area contributed by atoms with Crippen molar-refractivity contribution < 1.29 is 4.79 Å². The SMILES string of the molecule is CC(=O)/C(=N\Nc1cccc(Cl)c1)Sc1nnnn1-c1ccc(C)cc1. The van der Waals surface area contributed by atoms with E-state index in [-0.39, 0.29) is 10.8 Å². The van der Waals surface area contributed by atoms with Gasteiger partial charge in [-0.05, 0) is 59.4 Å². The van der Waals surface area contributed by atoms with Crippen LogP contribution in [-0.4, -0.2) is 31.0 Å². The summed E-state index contributed by atoms with van der Waals surface area (Å²) in [6, 6.07) is 14.8. The number of thioether (sulfide) groups is 1. The van der Waals surface area contributed by atoms with Gasteiger partial charge in [-0.15, -0.1) is 5.10 Å². The zero-order valence-electron chi connectivity index (χ0n) is 14.0. The Bertz CT molecular complexity index is 954. The molecule has 132 valence electrons. The number of halogens is 1. The molecule has 7 nitrogen and oxygen atoms in total. The standard InChI is InChI=1S/C17H15ClN6OS/c1-11-6-8-15(9-7-11)24-17(21-22-23-24)26-16(12(2)25)20-19-14-5-3-4-13(18)10-14/h3-10,19H,1-2H3/b20-16+. The van der Waals surface area contributed by atoms with Gasteiger partial charge in [0.15, 0.2) is 10.8 Å². The molecule has 0 aliphatic carbocycles. The van der Waals surface area contributed by atoms with E-state index >= 15 is 0 Å². The molecular formula is C17H15ClN6OS. The maximum absolute atomic E-state index is 12.0. The lowest BCUT2D eigenvalue weighted by Crippen LogP contribution is -2.10. The minimum atomic E-state index is -0.206. The first-order chi connectivity index (χ1) is 12.5. The quantitative estimate of drug-likeness (QED) is 0.311. The lowest BCUT2D eigenvalue weighted by molar-refractivity contribution is -0.110. The summed E-state index contributed by atoms with van der Waals surface area (Å²) in [5.41, 5.74) is 5.44. The van der Waals surface area contributed by atoms with Crippen molar-refractivity contribution in [1.29, 1.82) is 0 Å². The second kappa shape index (κ2) is 8.11. The number of Topliss-reactive ketones (excluding diaryl/α,β-unsaturated/α-hetero) is 1. The molecule has 3 rings (SSSR count). The predicted octanol–water partition coefficient (Wildman–Crippen LogP) is 3.73. The summed E-state index contributed by atoms with van der Waals surface area (Å²) < 4.78 is 1.56. The number of rotatable bonds is 5. The second-order valence-electron chi connectivity index (χ2n) is 5.41. The molecule has 0 aliphatic rings. The minimum Gasteiger partial charge on any atom is -0.292 e. The monoisotopic (exact) mass is 386 g/mol. The van der Waals surface area contributed by atoms with Gasteiger partial charge in [0.2, 0.25) is 5.16 Å². The number of tetrazole rings is 1. The summed E-state index contributed by atoms with van der Waals surface area (Å²) in [4.78, 5) is 12.0. The molecule has 26 heavy (non-hydrogen) atoms. The van der Waals surface area contributed by atoms with E-state index < -0.39 is 0 Å². The lowest BCUT2D eigenvalue weighted by Gasteiger charge is -2.06. The highest BCUT2D eigenvalue weighted by molar-refractivity contribution is 8.15. The lowest BCUT2D eigenvalue weighted by atomic mass is 10.2. The molecule has 0 amide bonds. The van der Waals surface area contributed by atoms with Crippen LogP contribution in [0.2, 0.25) is 5.02 Å². The Labute approximate surface area is 159 Å². The van der Waals surface area contributed by atoms with E-state index in [0.29, 0.717) is 15.9 Å². The zero-order chi connectivity index (χ0) is 18.5. The average molecular weight is 387 g/mol. The highest BCUT2D eigenvalue weighted by atomic mass is 35.5. The molecule has 0 spiro atoms. The molecule has 1 N–H and O–H groups in total. The van der Waals surface area contributed by atoms with E-state index in [9.17, 15) is 4.79 Å². The predicted molar refractivity (Wildman–Crippen MR) is 103 cm³/mol. The van der Waals surface area contributed by atoms with Crippen molar-refractivity contribution in [2.45, 2.75) is 19.0 Å². The molecule has 0 radical (unpaired) electrons. The van der Waals surface area contributed by atoms with Crippen LogP contribution in [0.25, 0.3) is 5.69 Å². The number of carbonyl (C=O) groups is 1. The number of hydrazone groups is 1. The number of nitrogens with one attached hydrogen (secondary N) is 1. The third-order valence-electron chi connectivity index (χ3n) is 3.32. The molecule has 0 saturated heterocycles. The summed E-state index contributed by atoms with van der Waals surface area (Å²) in [7, 11) is 0. The molecule has 0 saturated carbocycles. The van der Waals surface area contributed by atoms with Gasteiger partial charge in [0.05, 0.1) is 11.4 Å². The third kappa shape index (κ3) is 4.47. The van der Waals surface area contributed by atoms with E-state index in [2.05, 4.69) is 26.1 Å². The van der Waals surface area contributed by atoms with Crippen LogP contribution in [0.15, 0.2) is 58.8 Å². The average Bonchev–Trinajstić information content (AvgIpc) is 3.07. The Morgan fingerprint density at radius 2 is 2.00 bits per heavy atom. The molecule has 0 bridgehead atoms. The number of hydrogen-bond acceptors (Lipinski definition) is 7. The Morgan fingerprint density at radius 1 is 1.23 bits per heavy atom. The summed E-state index contributed by atoms with van der Waals surface area (Å²) >= 11 is 7.03. The van der Waals surface area contributed by atoms with Gasteiger partial charge in [-0.25, -0.2) is 0 Å². The number of anilines is 1. The van der Waals surface area contributed by atoms with Gasteiger partial charge in [0, 0.05) is 11.9 Å². The molecule has 1 heterocycles. The van der Waals surface area contributed by atoms with Gasteiger partial charge in [-0.2, -0.15) is 9.78 Å². The van der Waals surface area contributed by atoms with E-state index in [4.69, 9.17) is 11.6 Å². The highest BCUT2D eigenvalue weighted by Crippen LogP contribution is 2.21. The Morgan fingerprint density at radius 3 is 2.69 bits per heavy atom. The summed E-state index contributed by atoms with van der Waals surface area (Å²) in [5.74, 6) is -0.206. The van der Waals surface area contributed by atoms with Crippen molar-refractivity contribution in [2.24, 2.45) is 5.10 Å². The van der Waals surface area contributed by atoms with E-state index in [1.54, 1.807) is 28.9 Å². The van der Waals surface area contributed by atoms with Crippen LogP contribution in [0.1, 0.15) is 12.5 Å². The Balaban J connectivity index is 1.83. The largest absolute Gasteiger partial charge is 0.292 e. The molecule has 1 aromatic heterocycles. The fraction of sp³-hybridized carbons (Fsp3) is 0.118. The van der Waals surface area contributed by atoms with Crippen LogP contribution in [0.3, 0.4) is 0 Å². The first-order valence-electron chi connectivity index (χ1n) is 7.66. The van der Waals surface area contributed by atoms with Crippen LogP contribution < -0.4 is 5.43 Å². The van der Waals surface area contributed by atoms with E-state index in [0.717, 1.165) is 23.0 Å². The zero-order valence-corrected chi connectivity index (χ0v) is 15.6. The van der Waals surface area contributed by atoms with E-state index in [1.807, 2.05) is 31.2 Å². The van der Waals surface area contributed by atoms with Gasteiger partial charge in [-0.1, -0.05) is 35.4 Å². The minimum absolute atomic E-state index is 0.206. The maximum atomic E-state index is 12.0. The van der Waals surface area contributed by atoms with Crippen LogP contribution in [-0.2, 0) is 4.79 Å². The topological polar surface area (TPSA) is 85.1 Å². The number of aryl methyl sites for hydroxylation is 1. The summed E-state index contributed by atoms with van der Waals surface area (Å²) in [6.45, 7) is 3.44. The first kappa shape index (κ1) is 18.1. The van der Waals surface area contributed by atoms with Crippen LogP contribution in [0.4, 0.5) is 5.69 Å². The van der Waals surface area contributed by atoms with Gasteiger partial charge in [-0.3, -0.25) is 10.2 Å². The molecule has 9 heteroatoms. The fourth-order valence-corrected chi connectivity index (χ4v) is 2.93. The van der Waals surface area contributed by atoms with Crippen LogP contribution >= 0.6 is 23.4 Å². The third-order valence-corrected chi connectivity index (χ3v) is 4.56. The smallest absolute Gasteiger partial charge is 0.220 e. The molecular weight excluding hydrogens is 372 g/mol. The molecule has 2 aromatic carbocycles. The Kier molecular flexibility index (Phi) is 5.65. The second-order valence-corrected chi connectivity index (χ2v) is 6.80. The molecule has 0 unspecified atom stereocenters. The highest BCUT2D eigenvalue weighted by Gasteiger charge is 2.16. The summed E-state index contributed by atoms with van der Waals surface area (Å²) in [5, 5.41) is 17.1. The fourth-order valence-electron chi connectivity index (χ4n) is 2.02. The first-order valence-corrected chi connectivity index (χ1v) is 8.86. The van der Waals surface area contributed by atoms with Crippen LogP contribution in [0.5, 0.6) is 0 Å². The van der Waals surface area contributed by atoms with E-state index in [1.165, 1.54) is 6.92 Å². The van der Waals surface area contributed by atoms with Gasteiger partial charge >= 0.3 is 0 Å². The van der Waals surface area contributed by atoms with Gasteiger partial charge in [0.1, 0.15) is 0 Å². The number of hydrogen-bond donors (Lipinski definition) is 1. The summed E-state index contributed by atoms with van der Waals surface area (Å²) in [6.07, 6.45) is 0. The molecule has 0 aliphatic heterocycles. The number of ketones is 1. The van der Waals surface area contributed by atoms with Crippen molar-refractivity contribution in [1.82, 2.24) is 20.2 Å². The van der Waals surface area contributed by atoms with Crippen molar-refractivity contribution in [3.8, 4) is 5.69 Å². The Hall–Kier alpha value is -2.71. The normalized spacial score (nSPS) is 11.4. The number of nitrogens with zero attached hydrogens (tertiary/aromatic N) is 5. The molecule has 3 aromatic rings.